The highest BCUT2D eigenvalue weighted by Crippen LogP contribution is 2.46. The summed E-state index contributed by atoms with van der Waals surface area (Å²) in [6, 6.07) is 63.5. The van der Waals surface area contributed by atoms with Crippen LogP contribution in [0.4, 0.5) is 13.2 Å². The molecule has 0 radical (unpaired) electrons. The molecule has 12 aromatic rings. The van der Waals surface area contributed by atoms with Crippen LogP contribution < -0.4 is 0 Å². The molecule has 0 amide bonds. The zero-order chi connectivity index (χ0) is 54.5. The van der Waals surface area contributed by atoms with Gasteiger partial charge in [-0.3, -0.25) is 0 Å². The summed E-state index contributed by atoms with van der Waals surface area (Å²) in [6.07, 6.45) is -4.77. The molecule has 0 saturated heterocycles. The Bertz CT molecular complexity index is 4310. The fraction of sp³-hybridized carbons (Fsp3) is 0.127. The minimum atomic E-state index is -4.77. The molecule has 0 fully saturated rings. The maximum atomic E-state index is 15.0. The zero-order valence-corrected chi connectivity index (χ0v) is 44.7. The molecule has 78 heavy (non-hydrogen) atoms. The van der Waals surface area contributed by atoms with Crippen LogP contribution in [0.25, 0.3) is 111 Å². The first kappa shape index (κ1) is 49.4. The van der Waals surface area contributed by atoms with Gasteiger partial charge in [-0.2, -0.15) is 23.7 Å². The van der Waals surface area contributed by atoms with Crippen LogP contribution in [0, 0.1) is 78.1 Å². The summed E-state index contributed by atoms with van der Waals surface area (Å²) in [5.41, 5.74) is 20.8. The molecule has 0 bridgehead atoms. The molecule has 0 saturated carbocycles. The van der Waals surface area contributed by atoms with Gasteiger partial charge in [0.1, 0.15) is 11.6 Å². The molecule has 378 valence electrons. The third-order valence-electron chi connectivity index (χ3n) is 15.2. The summed E-state index contributed by atoms with van der Waals surface area (Å²) in [5.74, 6) is 0. The third kappa shape index (κ3) is 8.68. The lowest BCUT2D eigenvalue weighted by Gasteiger charge is -2.21. The molecule has 0 aliphatic carbocycles. The molecule has 12 rings (SSSR count). The highest BCUT2D eigenvalue weighted by Gasteiger charge is 2.33. The van der Waals surface area contributed by atoms with Crippen molar-refractivity contribution in [2.24, 2.45) is 0 Å². The molecular weight excluding hydrogens is 966 g/mol. The van der Waals surface area contributed by atoms with Crippen LogP contribution in [-0.4, -0.2) is 9.13 Å². The number of hydrogen-bond acceptors (Lipinski definition) is 2. The average Bonchev–Trinajstić information content (AvgIpc) is 4.12. The number of hydrogen-bond donors (Lipinski definition) is 0. The van der Waals surface area contributed by atoms with E-state index >= 15 is 13.2 Å². The normalized spacial score (nSPS) is 11.8. The maximum Gasteiger partial charge on any atom is 0.416 e. The number of halogens is 3. The number of rotatable bonds is 7. The smallest absolute Gasteiger partial charge is 0.308 e. The lowest BCUT2D eigenvalue weighted by atomic mass is 9.94. The molecule has 7 heteroatoms. The van der Waals surface area contributed by atoms with Gasteiger partial charge in [-0.1, -0.05) is 172 Å². The molecular formula is C71H53F3N4. The largest absolute Gasteiger partial charge is 0.416 e. The molecule has 0 aliphatic rings. The highest BCUT2D eigenvalue weighted by molar-refractivity contribution is 6.14. The van der Waals surface area contributed by atoms with E-state index in [2.05, 4.69) is 216 Å². The van der Waals surface area contributed by atoms with Crippen molar-refractivity contribution in [3.8, 4) is 79.1 Å². The number of aryl methyl sites for hydroxylation is 8. The highest BCUT2D eigenvalue weighted by atomic mass is 19.4. The van der Waals surface area contributed by atoms with Crippen molar-refractivity contribution in [1.82, 2.24) is 9.13 Å². The minimum absolute atomic E-state index is 0.148. The fourth-order valence-corrected chi connectivity index (χ4v) is 12.2. The Morgan fingerprint density at radius 2 is 0.679 bits per heavy atom. The summed E-state index contributed by atoms with van der Waals surface area (Å²) in [4.78, 5) is 0. The van der Waals surface area contributed by atoms with Crippen molar-refractivity contribution in [2.75, 3.05) is 0 Å². The summed E-state index contributed by atoms with van der Waals surface area (Å²) in [5, 5.41) is 26.3. The molecule has 0 N–H and O–H groups in total. The summed E-state index contributed by atoms with van der Waals surface area (Å²) < 4.78 is 49.4. The van der Waals surface area contributed by atoms with E-state index in [-0.39, 0.29) is 16.7 Å². The Hall–Kier alpha value is -9.43. The molecule has 0 atom stereocenters. The first-order valence-corrected chi connectivity index (χ1v) is 26.1. The molecule has 0 aliphatic heterocycles. The molecule has 2 heterocycles. The van der Waals surface area contributed by atoms with Gasteiger partial charge in [0.15, 0.2) is 0 Å². The van der Waals surface area contributed by atoms with Gasteiger partial charge in [0.05, 0.1) is 50.6 Å². The van der Waals surface area contributed by atoms with E-state index in [9.17, 15) is 10.5 Å². The van der Waals surface area contributed by atoms with Crippen molar-refractivity contribution >= 4 is 43.6 Å². The average molecular weight is 1020 g/mol. The molecule has 10 aromatic carbocycles. The van der Waals surface area contributed by atoms with Gasteiger partial charge in [0, 0.05) is 27.1 Å². The number of fused-ring (bicyclic) bond motifs is 6. The number of alkyl halides is 3. The van der Waals surface area contributed by atoms with Crippen LogP contribution in [0.5, 0.6) is 0 Å². The number of benzene rings is 10. The number of nitrogens with zero attached hydrogens (tertiary/aromatic N) is 4. The predicted octanol–water partition coefficient (Wildman–Crippen LogP) is 19.4. The Labute approximate surface area is 452 Å². The van der Waals surface area contributed by atoms with E-state index < -0.39 is 11.7 Å². The second-order valence-electron chi connectivity index (χ2n) is 21.5. The minimum Gasteiger partial charge on any atom is -0.308 e. The number of aromatic nitrogens is 2. The quantitative estimate of drug-likeness (QED) is 0.160. The topological polar surface area (TPSA) is 57.4 Å². The summed E-state index contributed by atoms with van der Waals surface area (Å²) in [7, 11) is 0. The standard InChI is InChI=1S/C71H53F3N4/c1-40-19-41(2)24-53(23-40)49-9-13-60-61-14-10-50(54-25-42(3)20-43(4)26-54)35-67(61)77(66(60)34-49)65-18-17-59(57-31-48(38-75)32-58(33-57)71(72,73)74)70(64(65)39-76)78-68-36-51(55-27-44(5)21-45(6)28-55)11-15-62(68)63-16-12-52(37-69(63)78)56-29-46(7)22-47(8)30-56/h9-37H,1-8H3. The van der Waals surface area contributed by atoms with Crippen molar-refractivity contribution in [1.29, 1.82) is 10.5 Å². The lowest BCUT2D eigenvalue weighted by molar-refractivity contribution is -0.137. The predicted molar refractivity (Wildman–Crippen MR) is 315 cm³/mol. The molecule has 2 aromatic heterocycles. The lowest BCUT2D eigenvalue weighted by Crippen LogP contribution is -2.08. The number of nitriles is 2. The van der Waals surface area contributed by atoms with Gasteiger partial charge < -0.3 is 9.13 Å². The van der Waals surface area contributed by atoms with Crippen molar-refractivity contribution in [2.45, 2.75) is 61.6 Å². The van der Waals surface area contributed by atoms with Crippen LogP contribution in [0.2, 0.25) is 0 Å². The van der Waals surface area contributed by atoms with E-state index in [1.807, 2.05) is 18.2 Å². The van der Waals surface area contributed by atoms with E-state index in [4.69, 9.17) is 0 Å². The monoisotopic (exact) mass is 1020 g/mol. The summed E-state index contributed by atoms with van der Waals surface area (Å²) >= 11 is 0. The maximum absolute atomic E-state index is 15.0. The fourth-order valence-electron chi connectivity index (χ4n) is 12.2. The second kappa shape index (κ2) is 18.7. The van der Waals surface area contributed by atoms with Crippen LogP contribution in [0.3, 0.4) is 0 Å². The van der Waals surface area contributed by atoms with Crippen molar-refractivity contribution in [3.63, 3.8) is 0 Å². The molecule has 0 unspecified atom stereocenters. The van der Waals surface area contributed by atoms with E-state index in [0.29, 0.717) is 16.9 Å². The third-order valence-corrected chi connectivity index (χ3v) is 15.2. The van der Waals surface area contributed by atoms with Crippen molar-refractivity contribution < 1.29 is 13.2 Å². The Morgan fingerprint density at radius 1 is 0.333 bits per heavy atom. The van der Waals surface area contributed by atoms with E-state index in [1.165, 1.54) is 6.07 Å². The Morgan fingerprint density at radius 3 is 1.00 bits per heavy atom. The van der Waals surface area contributed by atoms with Crippen LogP contribution in [0.1, 0.15) is 61.2 Å². The van der Waals surface area contributed by atoms with Gasteiger partial charge in [-0.05, 0) is 154 Å². The van der Waals surface area contributed by atoms with Crippen molar-refractivity contribution in [3.05, 3.63) is 237 Å². The van der Waals surface area contributed by atoms with Gasteiger partial charge in [-0.15, -0.1) is 0 Å². The van der Waals surface area contributed by atoms with E-state index in [1.54, 1.807) is 0 Å². The Kier molecular flexibility index (Phi) is 11.8. The SMILES string of the molecule is Cc1cc(C)cc(-c2ccc3c4ccc(-c5cc(C)cc(C)c5)cc4n(-c4ccc(-c5cc(C#N)cc(C(F)(F)F)c5)c(-n5c6cc(-c7cc(C)cc(C)c7)ccc6c6ccc(-c7cc(C)cc(C)c7)cc65)c4C#N)c3c2)c1. The molecule has 0 spiro atoms. The summed E-state index contributed by atoms with van der Waals surface area (Å²) in [6.45, 7) is 16.7. The van der Waals surface area contributed by atoms with Gasteiger partial charge in [0.25, 0.3) is 0 Å². The van der Waals surface area contributed by atoms with Crippen LogP contribution in [-0.2, 0) is 6.18 Å². The van der Waals surface area contributed by atoms with Crippen LogP contribution >= 0.6 is 0 Å². The van der Waals surface area contributed by atoms with Gasteiger partial charge >= 0.3 is 6.18 Å². The van der Waals surface area contributed by atoms with Gasteiger partial charge in [0.2, 0.25) is 0 Å². The van der Waals surface area contributed by atoms with Gasteiger partial charge in [-0.25, -0.2) is 0 Å². The molecule has 4 nitrogen and oxygen atoms in total. The Balaban J connectivity index is 1.26. The van der Waals surface area contributed by atoms with E-state index in [0.717, 1.165) is 145 Å². The first-order chi connectivity index (χ1) is 37.4. The van der Waals surface area contributed by atoms with Crippen LogP contribution in [0.15, 0.2) is 176 Å². The zero-order valence-electron chi connectivity index (χ0n) is 44.7. The first-order valence-electron chi connectivity index (χ1n) is 26.1. The second-order valence-corrected chi connectivity index (χ2v) is 21.5.